The van der Waals surface area contributed by atoms with E-state index in [1.54, 1.807) is 0 Å². The van der Waals surface area contributed by atoms with E-state index in [0.717, 1.165) is 57.8 Å². The van der Waals surface area contributed by atoms with E-state index in [4.69, 9.17) is 18.5 Å². The van der Waals surface area contributed by atoms with E-state index in [2.05, 4.69) is 50.3 Å². The zero-order valence-corrected chi connectivity index (χ0v) is 44.1. The second-order valence-electron chi connectivity index (χ2n) is 19.6. The lowest BCUT2D eigenvalue weighted by molar-refractivity contribution is -0.870. The van der Waals surface area contributed by atoms with Crippen LogP contribution in [-0.2, 0) is 32.7 Å². The van der Waals surface area contributed by atoms with Gasteiger partial charge in [-0.2, -0.15) is 0 Å². The van der Waals surface area contributed by atoms with Gasteiger partial charge in [0, 0.05) is 12.8 Å². The SMILES string of the molecule is CCCCCC/C=C\C/C=C\CCCCCCCC(=O)OC(COC(=O)CCCCCCCCCCCCCCC/C=C\CCCCCCCCCC)COP(=O)([O-])OCC[N+](C)(C)C. The molecule has 0 spiro atoms. The van der Waals surface area contributed by atoms with E-state index in [9.17, 15) is 19.0 Å². The number of phosphoric acid groups is 1. The summed E-state index contributed by atoms with van der Waals surface area (Å²) in [5.74, 6) is -0.842. The summed E-state index contributed by atoms with van der Waals surface area (Å²) in [6.07, 6.45) is 56.1. The first-order chi connectivity index (χ1) is 31.5. The number of hydrogen-bond donors (Lipinski definition) is 0. The maximum Gasteiger partial charge on any atom is 0.306 e. The first-order valence-corrected chi connectivity index (χ1v) is 28.7. The number of hydrogen-bond acceptors (Lipinski definition) is 8. The number of ether oxygens (including phenoxy) is 2. The molecule has 0 amide bonds. The number of unbranched alkanes of at least 4 members (excludes halogenated alkanes) is 30. The molecule has 9 nitrogen and oxygen atoms in total. The molecule has 0 aromatic carbocycles. The van der Waals surface area contributed by atoms with Gasteiger partial charge in [-0.05, 0) is 70.6 Å². The number of allylic oxidation sites excluding steroid dienone is 6. The first kappa shape index (κ1) is 63.2. The molecular weight excluding hydrogens is 834 g/mol. The van der Waals surface area contributed by atoms with Gasteiger partial charge in [0.05, 0.1) is 27.7 Å². The van der Waals surface area contributed by atoms with E-state index in [1.807, 2.05) is 21.1 Å². The van der Waals surface area contributed by atoms with E-state index in [-0.39, 0.29) is 32.0 Å². The van der Waals surface area contributed by atoms with Crippen LogP contribution in [0.1, 0.15) is 251 Å². The van der Waals surface area contributed by atoms with Crippen molar-refractivity contribution in [3.63, 3.8) is 0 Å². The molecule has 0 aliphatic heterocycles. The van der Waals surface area contributed by atoms with Gasteiger partial charge in [0.2, 0.25) is 0 Å². The molecule has 0 rings (SSSR count). The number of phosphoric ester groups is 1. The normalized spacial score (nSPS) is 13.6. The third kappa shape index (κ3) is 51.5. The Balaban J connectivity index is 4.16. The molecule has 0 aromatic heterocycles. The van der Waals surface area contributed by atoms with Crippen molar-refractivity contribution in [2.45, 2.75) is 258 Å². The molecule has 0 aliphatic rings. The first-order valence-electron chi connectivity index (χ1n) is 27.2. The third-order valence-corrected chi connectivity index (χ3v) is 12.8. The van der Waals surface area contributed by atoms with Gasteiger partial charge < -0.3 is 27.9 Å². The number of rotatable bonds is 50. The Labute approximate surface area is 401 Å². The van der Waals surface area contributed by atoms with Crippen molar-refractivity contribution in [2.75, 3.05) is 47.5 Å². The molecule has 10 heteroatoms. The Morgan fingerprint density at radius 3 is 1.25 bits per heavy atom. The number of carbonyl (C=O) groups is 2. The van der Waals surface area contributed by atoms with E-state index in [0.29, 0.717) is 17.4 Å². The average molecular weight is 938 g/mol. The van der Waals surface area contributed by atoms with Gasteiger partial charge in [-0.15, -0.1) is 0 Å². The van der Waals surface area contributed by atoms with Gasteiger partial charge >= 0.3 is 11.9 Å². The molecule has 0 saturated heterocycles. The fourth-order valence-corrected chi connectivity index (χ4v) is 8.35. The van der Waals surface area contributed by atoms with Gasteiger partial charge in [0.15, 0.2) is 6.10 Å². The molecule has 0 aromatic rings. The molecule has 0 radical (unpaired) electrons. The number of esters is 2. The Morgan fingerprint density at radius 1 is 0.477 bits per heavy atom. The van der Waals surface area contributed by atoms with Crippen molar-refractivity contribution >= 4 is 19.8 Å². The predicted molar refractivity (Wildman–Crippen MR) is 273 cm³/mol. The van der Waals surface area contributed by atoms with Crippen molar-refractivity contribution in [2.24, 2.45) is 0 Å². The molecule has 0 bridgehead atoms. The molecular formula is C55H104NO8P. The second kappa shape index (κ2) is 47.3. The van der Waals surface area contributed by atoms with Gasteiger partial charge in [-0.25, -0.2) is 0 Å². The molecule has 0 N–H and O–H groups in total. The largest absolute Gasteiger partial charge is 0.756 e. The van der Waals surface area contributed by atoms with Crippen LogP contribution in [0.2, 0.25) is 0 Å². The number of nitrogens with zero attached hydrogens (tertiary/aromatic N) is 1. The predicted octanol–water partition coefficient (Wildman–Crippen LogP) is 15.8. The van der Waals surface area contributed by atoms with Crippen LogP contribution in [0, 0.1) is 0 Å². The molecule has 0 heterocycles. The van der Waals surface area contributed by atoms with E-state index in [1.165, 1.54) is 161 Å². The number of carbonyl (C=O) groups excluding carboxylic acids is 2. The van der Waals surface area contributed by atoms with Crippen LogP contribution in [0.3, 0.4) is 0 Å². The van der Waals surface area contributed by atoms with Crippen LogP contribution >= 0.6 is 7.82 Å². The minimum Gasteiger partial charge on any atom is -0.756 e. The van der Waals surface area contributed by atoms with Crippen molar-refractivity contribution in [1.29, 1.82) is 0 Å². The van der Waals surface area contributed by atoms with Crippen LogP contribution in [0.4, 0.5) is 0 Å². The van der Waals surface area contributed by atoms with Gasteiger partial charge in [0.25, 0.3) is 7.82 Å². The van der Waals surface area contributed by atoms with Gasteiger partial charge in [-0.1, -0.05) is 204 Å². The van der Waals surface area contributed by atoms with Gasteiger partial charge in [0.1, 0.15) is 19.8 Å². The number of likely N-dealkylation sites (N-methyl/N-ethyl adjacent to an activating group) is 1. The Bertz CT molecular complexity index is 1200. The zero-order valence-electron chi connectivity index (χ0n) is 43.2. The van der Waals surface area contributed by atoms with Crippen LogP contribution < -0.4 is 4.89 Å². The van der Waals surface area contributed by atoms with Crippen molar-refractivity contribution < 1.29 is 42.1 Å². The molecule has 0 aliphatic carbocycles. The molecule has 2 atom stereocenters. The zero-order chi connectivity index (χ0) is 47.8. The molecule has 382 valence electrons. The summed E-state index contributed by atoms with van der Waals surface area (Å²) in [7, 11) is 1.16. The summed E-state index contributed by atoms with van der Waals surface area (Å²) in [6.45, 7) is 4.23. The smallest absolute Gasteiger partial charge is 0.306 e. The van der Waals surface area contributed by atoms with Crippen molar-refractivity contribution in [3.8, 4) is 0 Å². The minimum atomic E-state index is -4.63. The fraction of sp³-hybridized carbons (Fsp3) is 0.855. The van der Waals surface area contributed by atoms with Crippen LogP contribution in [0.25, 0.3) is 0 Å². The van der Waals surface area contributed by atoms with Crippen LogP contribution in [0.15, 0.2) is 36.5 Å². The summed E-state index contributed by atoms with van der Waals surface area (Å²) in [5, 5.41) is 0. The summed E-state index contributed by atoms with van der Waals surface area (Å²) in [6, 6.07) is 0. The highest BCUT2D eigenvalue weighted by Gasteiger charge is 2.21. The molecule has 0 saturated carbocycles. The lowest BCUT2D eigenvalue weighted by atomic mass is 10.0. The number of quaternary nitrogens is 1. The lowest BCUT2D eigenvalue weighted by Crippen LogP contribution is -2.37. The Morgan fingerprint density at radius 2 is 0.831 bits per heavy atom. The highest BCUT2D eigenvalue weighted by atomic mass is 31.2. The summed E-state index contributed by atoms with van der Waals surface area (Å²) in [5.41, 5.74) is 0. The maximum absolute atomic E-state index is 12.7. The van der Waals surface area contributed by atoms with Gasteiger partial charge in [-0.3, -0.25) is 14.2 Å². The third-order valence-electron chi connectivity index (χ3n) is 11.9. The monoisotopic (exact) mass is 938 g/mol. The van der Waals surface area contributed by atoms with E-state index >= 15 is 0 Å². The summed E-state index contributed by atoms with van der Waals surface area (Å²) in [4.78, 5) is 37.7. The highest BCUT2D eigenvalue weighted by molar-refractivity contribution is 7.45. The topological polar surface area (TPSA) is 111 Å². The second-order valence-corrected chi connectivity index (χ2v) is 21.0. The fourth-order valence-electron chi connectivity index (χ4n) is 7.62. The standard InChI is InChI=1S/C55H104NO8P/c1-6-8-10-12-14-16-18-20-22-24-25-26-27-28-29-30-31-32-34-35-37-39-41-43-45-47-54(57)61-51-53(52-63-65(59,60)62-50-49-56(3,4)5)64-55(58)48-46-44-42-40-38-36-33-23-21-19-17-15-13-11-9-7-2/h17,19,23-25,33,53H,6-16,18,20-22,26-32,34-52H2,1-5H3/b19-17-,25-24-,33-23-. The average Bonchev–Trinajstić information content (AvgIpc) is 3.26. The molecule has 65 heavy (non-hydrogen) atoms. The quantitative estimate of drug-likeness (QED) is 0.0195. The lowest BCUT2D eigenvalue weighted by Gasteiger charge is -2.28. The highest BCUT2D eigenvalue weighted by Crippen LogP contribution is 2.38. The Hall–Kier alpha value is -1.77. The summed E-state index contributed by atoms with van der Waals surface area (Å²) >= 11 is 0. The van der Waals surface area contributed by atoms with E-state index < -0.39 is 26.5 Å². The van der Waals surface area contributed by atoms with Crippen molar-refractivity contribution in [1.82, 2.24) is 0 Å². The van der Waals surface area contributed by atoms with Crippen molar-refractivity contribution in [3.05, 3.63) is 36.5 Å². The minimum absolute atomic E-state index is 0.0331. The molecule has 2 unspecified atom stereocenters. The molecule has 0 fully saturated rings. The van der Waals surface area contributed by atoms with Crippen LogP contribution in [-0.4, -0.2) is 70.0 Å². The summed E-state index contributed by atoms with van der Waals surface area (Å²) < 4.78 is 34.1. The maximum atomic E-state index is 12.7. The van der Waals surface area contributed by atoms with Crippen LogP contribution in [0.5, 0.6) is 0 Å². The Kier molecular flexibility index (Phi) is 46.0.